The zero-order valence-corrected chi connectivity index (χ0v) is 6.65. The highest BCUT2D eigenvalue weighted by atomic mass is 16.5. The maximum atomic E-state index is 10.6. The second-order valence-electron chi connectivity index (χ2n) is 2.17. The summed E-state index contributed by atoms with van der Waals surface area (Å²) in [5, 5.41) is 8.47. The van der Waals surface area contributed by atoms with Crippen molar-refractivity contribution in [2.24, 2.45) is 0 Å². The topological polar surface area (TPSA) is 50.1 Å². The maximum absolute atomic E-state index is 10.6. The molecule has 0 atom stereocenters. The van der Waals surface area contributed by atoms with Crippen LogP contribution in [-0.4, -0.2) is 5.97 Å². The van der Waals surface area contributed by atoms with Gasteiger partial charge in [0.05, 0.1) is 11.6 Å². The molecule has 0 saturated heterocycles. The van der Waals surface area contributed by atoms with E-state index in [4.69, 9.17) is 11.7 Å². The Morgan fingerprint density at radius 2 is 2.00 bits per heavy atom. The fourth-order valence-electron chi connectivity index (χ4n) is 0.734. The molecule has 0 radical (unpaired) electrons. The van der Waals surface area contributed by atoms with E-state index >= 15 is 0 Å². The number of nitrogens with zero attached hydrogens (tertiary/aromatic N) is 1. The lowest BCUT2D eigenvalue weighted by molar-refractivity contribution is -0.128. The van der Waals surface area contributed by atoms with Crippen LogP contribution in [0.5, 0.6) is 5.75 Å². The summed E-state index contributed by atoms with van der Waals surface area (Å²) in [6.45, 7) is 0. The Morgan fingerprint density at radius 1 is 1.38 bits per heavy atom. The quantitative estimate of drug-likeness (QED) is 0.275. The van der Waals surface area contributed by atoms with Crippen molar-refractivity contribution in [2.45, 2.75) is 0 Å². The molecule has 0 aliphatic rings. The van der Waals surface area contributed by atoms with Crippen LogP contribution in [-0.2, 0) is 4.79 Å². The zero-order valence-electron chi connectivity index (χ0n) is 6.65. The number of nitriles is 1. The summed E-state index contributed by atoms with van der Waals surface area (Å²) in [6.07, 6.45) is 4.80. The number of benzene rings is 1. The molecule has 0 aliphatic carbocycles. The molecule has 0 unspecified atom stereocenters. The molecule has 62 valence electrons. The summed E-state index contributed by atoms with van der Waals surface area (Å²) in [5.74, 6) is 1.41. The van der Waals surface area contributed by atoms with E-state index in [9.17, 15) is 4.79 Å². The molecule has 0 fully saturated rings. The Hall–Kier alpha value is -2.26. The van der Waals surface area contributed by atoms with Crippen molar-refractivity contribution in [3.63, 3.8) is 0 Å². The molecular formula is C10H5NO2. The van der Waals surface area contributed by atoms with Gasteiger partial charge in [0, 0.05) is 5.92 Å². The van der Waals surface area contributed by atoms with Gasteiger partial charge in [0.25, 0.3) is 0 Å². The molecule has 3 nitrogen and oxygen atoms in total. The second kappa shape index (κ2) is 3.94. The Balaban J connectivity index is 2.78. The van der Waals surface area contributed by atoms with Gasteiger partial charge in [-0.1, -0.05) is 0 Å². The van der Waals surface area contributed by atoms with Crippen molar-refractivity contribution in [3.05, 3.63) is 29.8 Å². The number of carbonyl (C=O) groups excluding carboxylic acids is 1. The molecule has 0 bridgehead atoms. The number of hydrogen-bond donors (Lipinski definition) is 0. The van der Waals surface area contributed by atoms with Crippen LogP contribution < -0.4 is 4.74 Å². The summed E-state index contributed by atoms with van der Waals surface area (Å²) in [7, 11) is 0. The van der Waals surface area contributed by atoms with Gasteiger partial charge in [-0.25, -0.2) is 4.79 Å². The number of ether oxygens (including phenoxy) is 1. The van der Waals surface area contributed by atoms with Crippen molar-refractivity contribution in [3.8, 4) is 24.2 Å². The van der Waals surface area contributed by atoms with Crippen molar-refractivity contribution in [2.75, 3.05) is 0 Å². The van der Waals surface area contributed by atoms with Gasteiger partial charge in [0.2, 0.25) is 0 Å². The van der Waals surface area contributed by atoms with Gasteiger partial charge in [0.15, 0.2) is 0 Å². The van der Waals surface area contributed by atoms with E-state index in [0.717, 1.165) is 0 Å². The molecule has 1 aromatic carbocycles. The van der Waals surface area contributed by atoms with E-state index in [0.29, 0.717) is 11.3 Å². The van der Waals surface area contributed by atoms with Crippen molar-refractivity contribution < 1.29 is 9.53 Å². The van der Waals surface area contributed by atoms with Crippen LogP contribution in [0.3, 0.4) is 0 Å². The third kappa shape index (κ3) is 2.36. The smallest absolute Gasteiger partial charge is 0.389 e. The average Bonchev–Trinajstić information content (AvgIpc) is 2.19. The summed E-state index contributed by atoms with van der Waals surface area (Å²) in [4.78, 5) is 10.6. The van der Waals surface area contributed by atoms with Gasteiger partial charge in [-0.15, -0.1) is 6.42 Å². The summed E-state index contributed by atoms with van der Waals surface area (Å²) in [6, 6.07) is 8.04. The molecule has 0 aliphatic heterocycles. The predicted molar refractivity (Wildman–Crippen MR) is 45.6 cm³/mol. The first-order chi connectivity index (χ1) is 6.26. The fourth-order valence-corrected chi connectivity index (χ4v) is 0.734. The number of carbonyl (C=O) groups is 1. The lowest BCUT2D eigenvalue weighted by Crippen LogP contribution is -2.03. The van der Waals surface area contributed by atoms with E-state index in [2.05, 4.69) is 4.74 Å². The van der Waals surface area contributed by atoms with E-state index in [1.807, 2.05) is 12.0 Å². The average molecular weight is 171 g/mol. The zero-order chi connectivity index (χ0) is 9.68. The Morgan fingerprint density at radius 3 is 2.46 bits per heavy atom. The van der Waals surface area contributed by atoms with Crippen molar-refractivity contribution >= 4 is 5.97 Å². The molecule has 0 heterocycles. The molecule has 0 N–H and O–H groups in total. The van der Waals surface area contributed by atoms with E-state index in [1.165, 1.54) is 12.1 Å². The van der Waals surface area contributed by atoms with Gasteiger partial charge in [-0.2, -0.15) is 5.26 Å². The molecule has 1 aromatic rings. The molecule has 0 amide bonds. The van der Waals surface area contributed by atoms with E-state index < -0.39 is 5.97 Å². The molecule has 0 saturated carbocycles. The summed E-state index contributed by atoms with van der Waals surface area (Å²) in [5.41, 5.74) is 0.500. The van der Waals surface area contributed by atoms with Gasteiger partial charge in [0.1, 0.15) is 5.75 Å². The highest BCUT2D eigenvalue weighted by molar-refractivity contribution is 5.89. The first-order valence-electron chi connectivity index (χ1n) is 3.45. The summed E-state index contributed by atoms with van der Waals surface area (Å²) >= 11 is 0. The fraction of sp³-hybridized carbons (Fsp3) is 0. The minimum absolute atomic E-state index is 0.335. The summed E-state index contributed by atoms with van der Waals surface area (Å²) < 4.78 is 4.68. The highest BCUT2D eigenvalue weighted by Gasteiger charge is 1.99. The van der Waals surface area contributed by atoms with Crippen LogP contribution in [0.15, 0.2) is 24.3 Å². The molecule has 3 heteroatoms. The molecule has 1 rings (SSSR count). The highest BCUT2D eigenvalue weighted by Crippen LogP contribution is 2.11. The standard InChI is InChI=1S/C10H5NO2/c1-2-10(12)13-9-5-3-8(7-11)4-6-9/h1,3-6H. The Kier molecular flexibility index (Phi) is 2.68. The lowest BCUT2D eigenvalue weighted by atomic mass is 10.2. The third-order valence-electron chi connectivity index (χ3n) is 1.31. The Labute approximate surface area is 75.6 Å². The second-order valence-corrected chi connectivity index (χ2v) is 2.17. The molecule has 0 spiro atoms. The number of terminal acetylenes is 1. The minimum Gasteiger partial charge on any atom is -0.417 e. The van der Waals surface area contributed by atoms with Gasteiger partial charge < -0.3 is 4.74 Å². The normalized spacial score (nSPS) is 8.15. The van der Waals surface area contributed by atoms with Gasteiger partial charge >= 0.3 is 5.97 Å². The Bertz CT molecular complexity index is 392. The largest absolute Gasteiger partial charge is 0.417 e. The van der Waals surface area contributed by atoms with Crippen LogP contribution in [0.4, 0.5) is 0 Å². The third-order valence-corrected chi connectivity index (χ3v) is 1.31. The number of esters is 1. The van der Waals surface area contributed by atoms with Crippen LogP contribution in [0.2, 0.25) is 0 Å². The van der Waals surface area contributed by atoms with Gasteiger partial charge in [-0.05, 0) is 24.3 Å². The molecule has 0 aromatic heterocycles. The van der Waals surface area contributed by atoms with Crippen LogP contribution in [0.1, 0.15) is 5.56 Å². The number of rotatable bonds is 1. The first kappa shape index (κ1) is 8.83. The van der Waals surface area contributed by atoms with Crippen molar-refractivity contribution in [1.82, 2.24) is 0 Å². The van der Waals surface area contributed by atoms with Crippen LogP contribution >= 0.6 is 0 Å². The molecular weight excluding hydrogens is 166 g/mol. The maximum Gasteiger partial charge on any atom is 0.389 e. The van der Waals surface area contributed by atoms with Gasteiger partial charge in [-0.3, -0.25) is 0 Å². The van der Waals surface area contributed by atoms with E-state index in [-0.39, 0.29) is 0 Å². The van der Waals surface area contributed by atoms with Crippen molar-refractivity contribution in [1.29, 1.82) is 5.26 Å². The number of hydrogen-bond acceptors (Lipinski definition) is 3. The minimum atomic E-state index is -0.746. The predicted octanol–water partition coefficient (Wildman–Crippen LogP) is 1.10. The SMILES string of the molecule is C#CC(=O)Oc1ccc(C#N)cc1. The monoisotopic (exact) mass is 171 g/mol. The van der Waals surface area contributed by atoms with Crippen LogP contribution in [0.25, 0.3) is 0 Å². The first-order valence-corrected chi connectivity index (χ1v) is 3.45. The van der Waals surface area contributed by atoms with Crippen LogP contribution in [0, 0.1) is 23.7 Å². The lowest BCUT2D eigenvalue weighted by Gasteiger charge is -1.98. The van der Waals surface area contributed by atoms with E-state index in [1.54, 1.807) is 12.1 Å². The molecule has 13 heavy (non-hydrogen) atoms.